The fourth-order valence-electron chi connectivity index (χ4n) is 1.88. The van der Waals surface area contributed by atoms with E-state index >= 15 is 0 Å². The van der Waals surface area contributed by atoms with E-state index in [1.807, 2.05) is 10.6 Å². The molecule has 1 aliphatic rings. The average molecular weight is 277 g/mol. The van der Waals surface area contributed by atoms with Crippen molar-refractivity contribution in [2.75, 3.05) is 0 Å². The van der Waals surface area contributed by atoms with Crippen LogP contribution in [-0.4, -0.2) is 21.8 Å². The molecule has 1 fully saturated rings. The van der Waals surface area contributed by atoms with E-state index in [0.717, 1.165) is 15.5 Å². The molecule has 1 aromatic heterocycles. The van der Waals surface area contributed by atoms with E-state index in [0.29, 0.717) is 10.1 Å². The number of fused-ring (bicyclic) bond motifs is 1. The van der Waals surface area contributed by atoms with Crippen LogP contribution in [0.2, 0.25) is 0 Å². The summed E-state index contributed by atoms with van der Waals surface area (Å²) >= 11 is 1.01. The minimum atomic E-state index is -1.34. The Morgan fingerprint density at radius 1 is 1.00 bits per heavy atom. The molecule has 19 heavy (non-hydrogen) atoms. The summed E-state index contributed by atoms with van der Waals surface area (Å²) in [6.45, 7) is 0. The molecule has 3 rings (SSSR count). The first-order valence-electron chi connectivity index (χ1n) is 5.34. The number of carbonyl (C=O) groups excluding carboxylic acids is 3. The number of imide groups is 2. The molecule has 0 spiro atoms. The zero-order valence-corrected chi connectivity index (χ0v) is 10.2. The molecule has 2 aromatic rings. The lowest BCUT2D eigenvalue weighted by molar-refractivity contribution is -0.134. The van der Waals surface area contributed by atoms with Crippen molar-refractivity contribution in [2.45, 2.75) is 6.04 Å². The van der Waals surface area contributed by atoms with Gasteiger partial charge in [-0.2, -0.15) is 0 Å². The fourth-order valence-corrected chi connectivity index (χ4v) is 2.97. The molecule has 1 aliphatic heterocycles. The number of hydrogen-bond donors (Lipinski definition) is 2. The van der Waals surface area contributed by atoms with E-state index in [4.69, 9.17) is 0 Å². The molecule has 0 atom stereocenters. The maximum atomic E-state index is 12.1. The highest BCUT2D eigenvalue weighted by Crippen LogP contribution is 2.20. The summed E-state index contributed by atoms with van der Waals surface area (Å²) in [5.41, 5.74) is -0.426. The summed E-state index contributed by atoms with van der Waals surface area (Å²) in [5, 5.41) is 4.37. The van der Waals surface area contributed by atoms with Crippen LogP contribution in [0, 0.1) is 0 Å². The van der Waals surface area contributed by atoms with E-state index in [9.17, 15) is 19.2 Å². The van der Waals surface area contributed by atoms with Gasteiger partial charge in [-0.1, -0.05) is 23.7 Å². The Balaban J connectivity index is 2.16. The quantitative estimate of drug-likeness (QED) is 0.715. The Bertz CT molecular complexity index is 756. The first-order valence-corrected chi connectivity index (χ1v) is 6.11. The lowest BCUT2D eigenvalue weighted by atomic mass is 10.2. The Labute approximate surface area is 110 Å². The summed E-state index contributed by atoms with van der Waals surface area (Å²) in [4.78, 5) is 46.5. The molecular weight excluding hydrogens is 270 g/mol. The SMILES string of the molecule is O=C1NC(=O)C(n2sc3ccccc3c2=O)C(=O)N1. The van der Waals surface area contributed by atoms with Crippen LogP contribution in [0.4, 0.5) is 4.79 Å². The molecule has 1 aromatic carbocycles. The molecule has 2 N–H and O–H groups in total. The Morgan fingerprint density at radius 2 is 1.63 bits per heavy atom. The molecule has 1 saturated heterocycles. The number of amides is 4. The standard InChI is InChI=1S/C11H7N3O4S/c15-8-7(9(16)13-11(18)12-8)14-10(17)5-3-1-2-4-6(5)19-14/h1-4,7H,(H2,12,13,15,16,18). The third kappa shape index (κ3) is 1.73. The number of carbonyl (C=O) groups is 3. The van der Waals surface area contributed by atoms with Gasteiger partial charge in [0.15, 0.2) is 0 Å². The molecule has 4 amide bonds. The number of benzene rings is 1. The maximum absolute atomic E-state index is 12.1. The molecule has 2 heterocycles. The number of nitrogens with zero attached hydrogens (tertiary/aromatic N) is 1. The summed E-state index contributed by atoms with van der Waals surface area (Å²) in [6, 6.07) is 4.58. The molecule has 0 bridgehead atoms. The monoisotopic (exact) mass is 277 g/mol. The Hall–Kier alpha value is -2.48. The van der Waals surface area contributed by atoms with Gasteiger partial charge in [0, 0.05) is 0 Å². The van der Waals surface area contributed by atoms with Gasteiger partial charge in [0.2, 0.25) is 6.04 Å². The molecule has 8 heteroatoms. The third-order valence-electron chi connectivity index (χ3n) is 2.72. The van der Waals surface area contributed by atoms with Crippen molar-refractivity contribution in [2.24, 2.45) is 0 Å². The normalized spacial score (nSPS) is 16.5. The molecule has 0 aliphatic carbocycles. The van der Waals surface area contributed by atoms with Crippen LogP contribution in [0.3, 0.4) is 0 Å². The molecule has 7 nitrogen and oxygen atoms in total. The second-order valence-electron chi connectivity index (χ2n) is 3.93. The van der Waals surface area contributed by atoms with Crippen LogP contribution in [0.25, 0.3) is 10.1 Å². The second-order valence-corrected chi connectivity index (χ2v) is 4.94. The number of hydrogen-bond acceptors (Lipinski definition) is 5. The predicted molar refractivity (Wildman–Crippen MR) is 66.8 cm³/mol. The lowest BCUT2D eigenvalue weighted by Crippen LogP contribution is -2.56. The summed E-state index contributed by atoms with van der Waals surface area (Å²) in [5.74, 6) is -1.61. The van der Waals surface area contributed by atoms with Gasteiger partial charge < -0.3 is 0 Å². The first-order chi connectivity index (χ1) is 9.08. The van der Waals surface area contributed by atoms with Crippen molar-refractivity contribution in [3.8, 4) is 0 Å². The average Bonchev–Trinajstić information content (AvgIpc) is 2.66. The van der Waals surface area contributed by atoms with Gasteiger partial charge in [-0.3, -0.25) is 25.0 Å². The fraction of sp³-hybridized carbons (Fsp3) is 0.0909. The van der Waals surface area contributed by atoms with Gasteiger partial charge >= 0.3 is 6.03 Å². The Morgan fingerprint density at radius 3 is 2.26 bits per heavy atom. The minimum Gasteiger partial charge on any atom is -0.275 e. The van der Waals surface area contributed by atoms with Gasteiger partial charge in [-0.15, -0.1) is 0 Å². The summed E-state index contributed by atoms with van der Waals surface area (Å²) in [7, 11) is 0. The number of rotatable bonds is 1. The van der Waals surface area contributed by atoms with E-state index in [1.165, 1.54) is 0 Å². The van der Waals surface area contributed by atoms with Crippen LogP contribution in [0.15, 0.2) is 29.1 Å². The summed E-state index contributed by atoms with van der Waals surface area (Å²) in [6.07, 6.45) is 0. The molecule has 0 unspecified atom stereocenters. The largest absolute Gasteiger partial charge is 0.328 e. The minimum absolute atomic E-state index is 0.426. The lowest BCUT2D eigenvalue weighted by Gasteiger charge is -2.20. The van der Waals surface area contributed by atoms with Crippen LogP contribution >= 0.6 is 11.5 Å². The highest BCUT2D eigenvalue weighted by molar-refractivity contribution is 7.14. The van der Waals surface area contributed by atoms with Crippen molar-refractivity contribution >= 4 is 39.5 Å². The van der Waals surface area contributed by atoms with Crippen molar-refractivity contribution in [3.05, 3.63) is 34.6 Å². The first kappa shape index (κ1) is 11.6. The zero-order valence-electron chi connectivity index (χ0n) is 9.38. The number of barbiturate groups is 1. The molecule has 96 valence electrons. The zero-order chi connectivity index (χ0) is 13.6. The van der Waals surface area contributed by atoms with Crippen molar-refractivity contribution in [1.82, 2.24) is 14.6 Å². The van der Waals surface area contributed by atoms with E-state index in [1.54, 1.807) is 24.3 Å². The topological polar surface area (TPSA) is 97.3 Å². The Kier molecular flexibility index (Phi) is 2.46. The smallest absolute Gasteiger partial charge is 0.275 e. The summed E-state index contributed by atoms with van der Waals surface area (Å²) < 4.78 is 1.74. The van der Waals surface area contributed by atoms with Crippen LogP contribution in [-0.2, 0) is 9.59 Å². The second kappa shape index (κ2) is 4.02. The van der Waals surface area contributed by atoms with Crippen LogP contribution in [0.1, 0.15) is 6.04 Å². The van der Waals surface area contributed by atoms with Crippen molar-refractivity contribution < 1.29 is 14.4 Å². The predicted octanol–water partition coefficient (Wildman–Crippen LogP) is -0.0299. The van der Waals surface area contributed by atoms with Crippen molar-refractivity contribution in [3.63, 3.8) is 0 Å². The third-order valence-corrected chi connectivity index (χ3v) is 3.85. The number of aromatic nitrogens is 1. The number of nitrogens with one attached hydrogen (secondary N) is 2. The van der Waals surface area contributed by atoms with Gasteiger partial charge in [0.25, 0.3) is 17.4 Å². The highest BCUT2D eigenvalue weighted by atomic mass is 32.1. The van der Waals surface area contributed by atoms with Crippen molar-refractivity contribution in [1.29, 1.82) is 0 Å². The highest BCUT2D eigenvalue weighted by Gasteiger charge is 2.37. The molecule has 0 radical (unpaired) electrons. The number of urea groups is 1. The van der Waals surface area contributed by atoms with E-state index < -0.39 is 29.4 Å². The molecule has 0 saturated carbocycles. The van der Waals surface area contributed by atoms with Gasteiger partial charge in [-0.05, 0) is 12.1 Å². The van der Waals surface area contributed by atoms with E-state index in [2.05, 4.69) is 0 Å². The van der Waals surface area contributed by atoms with Crippen LogP contribution in [0.5, 0.6) is 0 Å². The maximum Gasteiger partial charge on any atom is 0.328 e. The molecular formula is C11H7N3O4S. The van der Waals surface area contributed by atoms with Gasteiger partial charge in [-0.25, -0.2) is 8.75 Å². The van der Waals surface area contributed by atoms with Gasteiger partial charge in [0.1, 0.15) is 0 Å². The van der Waals surface area contributed by atoms with Gasteiger partial charge in [0.05, 0.1) is 10.1 Å². The van der Waals surface area contributed by atoms with Crippen LogP contribution < -0.4 is 16.2 Å². The van der Waals surface area contributed by atoms with E-state index in [-0.39, 0.29) is 0 Å².